The molecule has 2 heterocycles. The predicted molar refractivity (Wildman–Crippen MR) is 133 cm³/mol. The van der Waals surface area contributed by atoms with E-state index in [-0.39, 0.29) is 24.0 Å². The number of thiazole rings is 1. The van der Waals surface area contributed by atoms with E-state index in [1.54, 1.807) is 11.3 Å². The summed E-state index contributed by atoms with van der Waals surface area (Å²) < 4.78 is 0. The van der Waals surface area contributed by atoms with Gasteiger partial charge in [0.15, 0.2) is 11.1 Å². The fourth-order valence-corrected chi connectivity index (χ4v) is 4.09. The van der Waals surface area contributed by atoms with E-state index in [9.17, 15) is 5.26 Å². The molecule has 30 heavy (non-hydrogen) atoms. The van der Waals surface area contributed by atoms with Crippen LogP contribution in [0, 0.1) is 11.3 Å². The third-order valence-corrected chi connectivity index (χ3v) is 5.86. The molecule has 6 nitrogen and oxygen atoms in total. The zero-order chi connectivity index (χ0) is 20.1. The maximum absolute atomic E-state index is 9.28. The molecule has 154 valence electrons. The number of benzene rings is 2. The number of nitrogens with two attached hydrogens (primary N) is 1. The summed E-state index contributed by atoms with van der Waals surface area (Å²) in [5.74, 6) is 0.586. The smallest absolute Gasteiger partial charge is 0.191 e. The summed E-state index contributed by atoms with van der Waals surface area (Å²) in [7, 11) is 0. The van der Waals surface area contributed by atoms with Gasteiger partial charge in [0.2, 0.25) is 0 Å². The fourth-order valence-electron chi connectivity index (χ4n) is 3.39. The first-order valence-electron chi connectivity index (χ1n) is 9.52. The van der Waals surface area contributed by atoms with Crippen LogP contribution in [0.1, 0.15) is 11.1 Å². The van der Waals surface area contributed by atoms with E-state index in [0.29, 0.717) is 18.1 Å². The van der Waals surface area contributed by atoms with Crippen molar-refractivity contribution in [2.75, 3.05) is 31.1 Å². The van der Waals surface area contributed by atoms with Crippen LogP contribution in [0.3, 0.4) is 0 Å². The Morgan fingerprint density at radius 1 is 1.10 bits per heavy atom. The van der Waals surface area contributed by atoms with Crippen LogP contribution < -0.4 is 10.6 Å². The number of aliphatic imine (C=N–C) groups is 1. The molecule has 2 N–H and O–H groups in total. The Kier molecular flexibility index (Phi) is 7.65. The van der Waals surface area contributed by atoms with Crippen LogP contribution in [0.25, 0.3) is 11.1 Å². The number of halogens is 1. The molecular weight excluding hydrogens is 507 g/mol. The van der Waals surface area contributed by atoms with E-state index in [2.05, 4.69) is 25.8 Å². The predicted octanol–water partition coefficient (Wildman–Crippen LogP) is 3.94. The van der Waals surface area contributed by atoms with E-state index in [1.807, 2.05) is 60.1 Å². The Morgan fingerprint density at radius 3 is 2.50 bits per heavy atom. The number of aromatic nitrogens is 1. The van der Waals surface area contributed by atoms with Crippen LogP contribution >= 0.6 is 35.3 Å². The van der Waals surface area contributed by atoms with Crippen LogP contribution in [0.15, 0.2) is 65.1 Å². The molecule has 1 fully saturated rings. The summed E-state index contributed by atoms with van der Waals surface area (Å²) >= 11 is 1.67. The number of rotatable bonds is 4. The molecule has 1 aliphatic heterocycles. The molecular formula is C22H23IN6S. The van der Waals surface area contributed by atoms with Crippen molar-refractivity contribution in [3.05, 3.63) is 71.2 Å². The van der Waals surface area contributed by atoms with Gasteiger partial charge in [0.05, 0.1) is 18.2 Å². The third kappa shape index (κ3) is 5.09. The minimum Gasteiger partial charge on any atom is -0.370 e. The number of guanidine groups is 1. The van der Waals surface area contributed by atoms with Crippen LogP contribution in [-0.4, -0.2) is 42.0 Å². The van der Waals surface area contributed by atoms with Crippen molar-refractivity contribution in [1.29, 1.82) is 5.26 Å². The van der Waals surface area contributed by atoms with E-state index in [1.165, 1.54) is 0 Å². The molecule has 1 saturated heterocycles. The van der Waals surface area contributed by atoms with Crippen molar-refractivity contribution in [3.63, 3.8) is 0 Å². The van der Waals surface area contributed by atoms with Crippen molar-refractivity contribution in [2.24, 2.45) is 10.7 Å². The molecule has 1 aromatic heterocycles. The summed E-state index contributed by atoms with van der Waals surface area (Å²) in [5.41, 5.74) is 9.97. The van der Waals surface area contributed by atoms with Crippen molar-refractivity contribution in [2.45, 2.75) is 6.54 Å². The molecule has 1 aliphatic rings. The quantitative estimate of drug-likeness (QED) is 0.314. The lowest BCUT2D eigenvalue weighted by atomic mass is 9.99. The van der Waals surface area contributed by atoms with Gasteiger partial charge in [0.25, 0.3) is 0 Å². The summed E-state index contributed by atoms with van der Waals surface area (Å²) in [6.45, 7) is 4.03. The number of piperazine rings is 1. The van der Waals surface area contributed by atoms with Crippen molar-refractivity contribution in [1.82, 2.24) is 9.88 Å². The molecule has 2 aromatic carbocycles. The molecule has 0 radical (unpaired) electrons. The zero-order valence-corrected chi connectivity index (χ0v) is 19.6. The highest BCUT2D eigenvalue weighted by Gasteiger charge is 2.19. The highest BCUT2D eigenvalue weighted by molar-refractivity contribution is 14.0. The minimum atomic E-state index is 0. The van der Waals surface area contributed by atoms with Crippen LogP contribution in [0.5, 0.6) is 0 Å². The van der Waals surface area contributed by atoms with Gasteiger partial charge in [-0.2, -0.15) is 5.26 Å². The average Bonchev–Trinajstić information content (AvgIpc) is 3.33. The number of anilines is 1. The molecule has 3 aromatic rings. The highest BCUT2D eigenvalue weighted by atomic mass is 127. The van der Waals surface area contributed by atoms with E-state index in [0.717, 1.165) is 48.0 Å². The zero-order valence-electron chi connectivity index (χ0n) is 16.4. The van der Waals surface area contributed by atoms with Crippen molar-refractivity contribution in [3.8, 4) is 17.2 Å². The minimum absolute atomic E-state index is 0. The second kappa shape index (κ2) is 10.4. The molecule has 0 bridgehead atoms. The first-order valence-corrected chi connectivity index (χ1v) is 10.4. The van der Waals surface area contributed by atoms with Crippen LogP contribution in [-0.2, 0) is 6.54 Å². The molecule has 0 aliphatic carbocycles. The van der Waals surface area contributed by atoms with E-state index in [4.69, 9.17) is 5.73 Å². The van der Waals surface area contributed by atoms with Gasteiger partial charge in [-0.25, -0.2) is 9.98 Å². The van der Waals surface area contributed by atoms with Crippen molar-refractivity contribution >= 4 is 46.4 Å². The van der Waals surface area contributed by atoms with E-state index >= 15 is 0 Å². The monoisotopic (exact) mass is 530 g/mol. The molecule has 0 saturated carbocycles. The molecule has 0 amide bonds. The van der Waals surface area contributed by atoms with Gasteiger partial charge in [-0.05, 0) is 22.8 Å². The number of hydrogen-bond donors (Lipinski definition) is 1. The maximum atomic E-state index is 9.28. The maximum Gasteiger partial charge on any atom is 0.191 e. The van der Waals surface area contributed by atoms with Gasteiger partial charge >= 0.3 is 0 Å². The Bertz CT molecular complexity index is 1020. The summed E-state index contributed by atoms with van der Waals surface area (Å²) in [6.07, 6.45) is 1.84. The van der Waals surface area contributed by atoms with E-state index < -0.39 is 0 Å². The van der Waals surface area contributed by atoms with Crippen molar-refractivity contribution < 1.29 is 0 Å². The SMILES string of the molecule is I.N#Cc1ccccc1-c1ccc(CN=C(N)N2CCN(c3nccs3)CC2)cc1. The normalized spacial score (nSPS) is 14.2. The second-order valence-electron chi connectivity index (χ2n) is 6.82. The number of nitriles is 1. The van der Waals surface area contributed by atoms with Gasteiger partial charge in [-0.15, -0.1) is 35.3 Å². The average molecular weight is 530 g/mol. The molecule has 4 rings (SSSR count). The number of nitrogens with zero attached hydrogens (tertiary/aromatic N) is 5. The topological polar surface area (TPSA) is 81.5 Å². The Labute approximate surface area is 197 Å². The summed E-state index contributed by atoms with van der Waals surface area (Å²) in [5, 5.41) is 12.4. The molecule has 0 spiro atoms. The fraction of sp³-hybridized carbons (Fsp3) is 0.227. The largest absolute Gasteiger partial charge is 0.370 e. The van der Waals surface area contributed by atoms with Gasteiger partial charge in [-0.3, -0.25) is 0 Å². The third-order valence-electron chi connectivity index (χ3n) is 5.03. The van der Waals surface area contributed by atoms with Gasteiger partial charge in [-0.1, -0.05) is 42.5 Å². The Morgan fingerprint density at radius 2 is 1.83 bits per heavy atom. The van der Waals surface area contributed by atoms with Gasteiger partial charge in [0.1, 0.15) is 0 Å². The Hall–Kier alpha value is -2.64. The first kappa shape index (κ1) is 22.1. The summed E-state index contributed by atoms with van der Waals surface area (Å²) in [4.78, 5) is 13.4. The summed E-state index contributed by atoms with van der Waals surface area (Å²) in [6, 6.07) is 18.0. The molecule has 0 atom stereocenters. The lowest BCUT2D eigenvalue weighted by Gasteiger charge is -2.35. The second-order valence-corrected chi connectivity index (χ2v) is 7.69. The molecule has 8 heteroatoms. The van der Waals surface area contributed by atoms with Gasteiger partial charge < -0.3 is 15.5 Å². The lowest BCUT2D eigenvalue weighted by Crippen LogP contribution is -2.51. The molecule has 0 unspecified atom stereocenters. The Balaban J connectivity index is 0.00000256. The highest BCUT2D eigenvalue weighted by Crippen LogP contribution is 2.24. The van der Waals surface area contributed by atoms with Crippen LogP contribution in [0.4, 0.5) is 5.13 Å². The van der Waals surface area contributed by atoms with Crippen LogP contribution in [0.2, 0.25) is 0 Å². The van der Waals surface area contributed by atoms with Gasteiger partial charge in [0, 0.05) is 37.8 Å². The standard InChI is InChI=1S/C22H22N6S.HI/c23-15-19-3-1-2-4-20(19)18-7-5-17(6-8-18)16-26-21(24)27-10-12-28(13-11-27)22-25-9-14-29-22;/h1-9,14H,10-13,16H2,(H2,24,26);1H. The number of hydrogen-bond acceptors (Lipinski definition) is 5. The first-order chi connectivity index (χ1) is 14.2. The lowest BCUT2D eigenvalue weighted by molar-refractivity contribution is 0.380.